The fourth-order valence-electron chi connectivity index (χ4n) is 2.46. The topological polar surface area (TPSA) is 21.1 Å². The zero-order chi connectivity index (χ0) is 12.0. The summed E-state index contributed by atoms with van der Waals surface area (Å²) in [6.07, 6.45) is 5.66. The Kier molecular flexibility index (Phi) is 3.03. The third-order valence-electron chi connectivity index (χ3n) is 3.87. The van der Waals surface area contributed by atoms with Gasteiger partial charge in [-0.05, 0) is 54.5 Å². The van der Waals surface area contributed by atoms with Gasteiger partial charge in [0, 0.05) is 26.2 Å². The lowest BCUT2D eigenvalue weighted by Gasteiger charge is -2.22. The lowest BCUT2D eigenvalue weighted by molar-refractivity contribution is 0.237. The van der Waals surface area contributed by atoms with Gasteiger partial charge < -0.3 is 0 Å². The average Bonchev–Trinajstić information content (AvgIpc) is 3.14. The molecule has 0 saturated heterocycles. The molecule has 1 aromatic heterocycles. The van der Waals surface area contributed by atoms with E-state index in [0.717, 1.165) is 24.2 Å². The fraction of sp³-hybridized carbons (Fsp3) is 0.769. The highest BCUT2D eigenvalue weighted by Gasteiger charge is 2.34. The van der Waals surface area contributed by atoms with Crippen molar-refractivity contribution >= 4 is 15.9 Å². The molecule has 0 amide bonds. The molecule has 0 atom stereocenters. The summed E-state index contributed by atoms with van der Waals surface area (Å²) in [4.78, 5) is 2.67. The van der Waals surface area contributed by atoms with Crippen molar-refractivity contribution < 1.29 is 0 Å². The summed E-state index contributed by atoms with van der Waals surface area (Å²) in [5, 5.41) is 4.48. The first-order valence-electron chi connectivity index (χ1n) is 6.57. The van der Waals surface area contributed by atoms with Gasteiger partial charge in [0.05, 0.1) is 15.9 Å². The van der Waals surface area contributed by atoms with Gasteiger partial charge in [0.25, 0.3) is 0 Å². The number of hydrogen-bond acceptors (Lipinski definition) is 2. The van der Waals surface area contributed by atoms with E-state index in [0.29, 0.717) is 0 Å². The van der Waals surface area contributed by atoms with Crippen LogP contribution in [0.3, 0.4) is 0 Å². The van der Waals surface area contributed by atoms with Gasteiger partial charge in [-0.2, -0.15) is 5.10 Å². The fourth-order valence-corrected chi connectivity index (χ4v) is 2.92. The molecule has 3 nitrogen and oxygen atoms in total. The van der Waals surface area contributed by atoms with Gasteiger partial charge in [0.1, 0.15) is 0 Å². The molecule has 0 N–H and O–H groups in total. The van der Waals surface area contributed by atoms with Gasteiger partial charge in [-0.15, -0.1) is 0 Å². The SMILES string of the molecule is Cc1nn(C)c(CN(CC2CC2)C2CC2)c1Br. The van der Waals surface area contributed by atoms with Crippen molar-refractivity contribution in [3.05, 3.63) is 15.9 Å². The largest absolute Gasteiger partial charge is 0.294 e. The van der Waals surface area contributed by atoms with E-state index in [1.54, 1.807) is 0 Å². The molecule has 0 aliphatic heterocycles. The summed E-state index contributed by atoms with van der Waals surface area (Å²) in [6, 6.07) is 0.845. The van der Waals surface area contributed by atoms with Gasteiger partial charge in [0.2, 0.25) is 0 Å². The minimum Gasteiger partial charge on any atom is -0.294 e. The Morgan fingerprint density at radius 3 is 2.53 bits per heavy atom. The third kappa shape index (κ3) is 2.58. The van der Waals surface area contributed by atoms with Gasteiger partial charge in [-0.1, -0.05) is 0 Å². The number of hydrogen-bond donors (Lipinski definition) is 0. The first kappa shape index (κ1) is 11.7. The number of aromatic nitrogens is 2. The number of aryl methyl sites for hydroxylation is 2. The molecule has 0 unspecified atom stereocenters. The predicted molar refractivity (Wildman–Crippen MR) is 71.8 cm³/mol. The number of nitrogens with zero attached hydrogens (tertiary/aromatic N) is 3. The molecule has 0 aromatic carbocycles. The lowest BCUT2D eigenvalue weighted by atomic mass is 10.3. The Labute approximate surface area is 111 Å². The summed E-state index contributed by atoms with van der Waals surface area (Å²) in [7, 11) is 2.05. The maximum atomic E-state index is 4.48. The van der Waals surface area contributed by atoms with E-state index in [9.17, 15) is 0 Å². The molecular weight excluding hydrogens is 278 g/mol. The molecule has 17 heavy (non-hydrogen) atoms. The molecule has 2 aliphatic carbocycles. The highest BCUT2D eigenvalue weighted by Crippen LogP contribution is 2.36. The van der Waals surface area contributed by atoms with Crippen molar-refractivity contribution in [3.63, 3.8) is 0 Å². The Morgan fingerprint density at radius 2 is 2.06 bits per heavy atom. The zero-order valence-corrected chi connectivity index (χ0v) is 12.2. The smallest absolute Gasteiger partial charge is 0.0739 e. The van der Waals surface area contributed by atoms with Gasteiger partial charge in [-0.3, -0.25) is 9.58 Å². The molecule has 4 heteroatoms. The van der Waals surface area contributed by atoms with E-state index in [2.05, 4.69) is 39.9 Å². The summed E-state index contributed by atoms with van der Waals surface area (Å²) in [5.41, 5.74) is 2.43. The molecule has 0 spiro atoms. The molecule has 0 radical (unpaired) electrons. The molecule has 2 saturated carbocycles. The van der Waals surface area contributed by atoms with E-state index in [4.69, 9.17) is 0 Å². The monoisotopic (exact) mass is 297 g/mol. The van der Waals surface area contributed by atoms with Crippen LogP contribution in [0, 0.1) is 12.8 Å². The average molecular weight is 298 g/mol. The molecule has 0 bridgehead atoms. The van der Waals surface area contributed by atoms with Crippen molar-refractivity contribution in [2.24, 2.45) is 13.0 Å². The third-order valence-corrected chi connectivity index (χ3v) is 4.90. The van der Waals surface area contributed by atoms with E-state index in [-0.39, 0.29) is 0 Å². The quantitative estimate of drug-likeness (QED) is 0.833. The van der Waals surface area contributed by atoms with E-state index < -0.39 is 0 Å². The zero-order valence-electron chi connectivity index (χ0n) is 10.6. The molecule has 1 heterocycles. The first-order valence-corrected chi connectivity index (χ1v) is 7.36. The van der Waals surface area contributed by atoms with Crippen LogP contribution in [0.2, 0.25) is 0 Å². The van der Waals surface area contributed by atoms with Crippen LogP contribution >= 0.6 is 15.9 Å². The van der Waals surface area contributed by atoms with Crippen molar-refractivity contribution in [2.75, 3.05) is 6.54 Å². The van der Waals surface area contributed by atoms with Crippen LogP contribution in [-0.4, -0.2) is 27.3 Å². The van der Waals surface area contributed by atoms with Crippen LogP contribution in [0.5, 0.6) is 0 Å². The normalized spacial score (nSPS) is 20.2. The Morgan fingerprint density at radius 1 is 1.35 bits per heavy atom. The molecular formula is C13H20BrN3. The Bertz CT molecular complexity index is 419. The highest BCUT2D eigenvalue weighted by molar-refractivity contribution is 9.10. The second-order valence-electron chi connectivity index (χ2n) is 5.57. The number of halogens is 1. The van der Waals surface area contributed by atoms with Crippen LogP contribution in [0.1, 0.15) is 37.1 Å². The van der Waals surface area contributed by atoms with Crippen LogP contribution in [-0.2, 0) is 13.6 Å². The maximum absolute atomic E-state index is 4.48. The molecule has 3 rings (SSSR count). The number of rotatable bonds is 5. The molecule has 2 fully saturated rings. The Hall–Kier alpha value is -0.350. The molecule has 94 valence electrons. The summed E-state index contributed by atoms with van der Waals surface area (Å²) in [6.45, 7) is 4.41. The van der Waals surface area contributed by atoms with Crippen LogP contribution in [0.4, 0.5) is 0 Å². The van der Waals surface area contributed by atoms with E-state index in [1.165, 1.54) is 42.4 Å². The lowest BCUT2D eigenvalue weighted by Crippen LogP contribution is -2.29. The summed E-state index contributed by atoms with van der Waals surface area (Å²) in [5.74, 6) is 0.976. The van der Waals surface area contributed by atoms with Gasteiger partial charge >= 0.3 is 0 Å². The van der Waals surface area contributed by atoms with Crippen molar-refractivity contribution in [1.82, 2.24) is 14.7 Å². The molecule has 1 aromatic rings. The molecule has 2 aliphatic rings. The standard InChI is InChI=1S/C13H20BrN3/c1-9-13(14)12(16(2)15-9)8-17(11-5-6-11)7-10-3-4-10/h10-11H,3-8H2,1-2H3. The van der Waals surface area contributed by atoms with Crippen molar-refractivity contribution in [3.8, 4) is 0 Å². The second-order valence-corrected chi connectivity index (χ2v) is 6.37. The summed E-state index contributed by atoms with van der Waals surface area (Å²) < 4.78 is 3.23. The predicted octanol–water partition coefficient (Wildman–Crippen LogP) is 2.87. The Balaban J connectivity index is 1.73. The highest BCUT2D eigenvalue weighted by atomic mass is 79.9. The van der Waals surface area contributed by atoms with Crippen LogP contribution < -0.4 is 0 Å². The van der Waals surface area contributed by atoms with Crippen LogP contribution in [0.15, 0.2) is 4.47 Å². The van der Waals surface area contributed by atoms with E-state index in [1.807, 2.05) is 4.68 Å². The second kappa shape index (κ2) is 4.39. The van der Waals surface area contributed by atoms with Gasteiger partial charge in [0.15, 0.2) is 0 Å². The maximum Gasteiger partial charge on any atom is 0.0739 e. The minimum absolute atomic E-state index is 0.845. The van der Waals surface area contributed by atoms with Crippen LogP contribution in [0.25, 0.3) is 0 Å². The van der Waals surface area contributed by atoms with Gasteiger partial charge in [-0.25, -0.2) is 0 Å². The first-order chi connectivity index (χ1) is 8.15. The minimum atomic E-state index is 0.845. The van der Waals surface area contributed by atoms with E-state index >= 15 is 0 Å². The summed E-state index contributed by atoms with van der Waals surface area (Å²) >= 11 is 3.67. The van der Waals surface area contributed by atoms with Crippen molar-refractivity contribution in [1.29, 1.82) is 0 Å². The van der Waals surface area contributed by atoms with Crippen molar-refractivity contribution in [2.45, 2.75) is 45.2 Å².